The number of hydrogen-bond acceptors (Lipinski definition) is 6. The third-order valence-electron chi connectivity index (χ3n) is 4.18. The molecule has 0 aromatic heterocycles. The molecule has 0 unspecified atom stereocenters. The van der Waals surface area contributed by atoms with Crippen molar-refractivity contribution in [1.82, 2.24) is 4.31 Å². The quantitative estimate of drug-likeness (QED) is 0.305. The summed E-state index contributed by atoms with van der Waals surface area (Å²) in [7, 11) is -4.13. The lowest BCUT2D eigenvalue weighted by molar-refractivity contribution is -0.387. The summed E-state index contributed by atoms with van der Waals surface area (Å²) >= 11 is 0. The minimum absolute atomic E-state index is 0.00161. The Balaban J connectivity index is 2.40. The van der Waals surface area contributed by atoms with E-state index in [1.54, 1.807) is 12.2 Å². The number of rotatable bonds is 7. The fraction of sp³-hybridized carbons (Fsp3) is 0.389. The lowest BCUT2D eigenvalue weighted by atomic mass is 10.1. The lowest BCUT2D eigenvalue weighted by Gasteiger charge is -2.27. The largest absolute Gasteiger partial charge is 0.458 e. The van der Waals surface area contributed by atoms with Crippen LogP contribution in [0.2, 0.25) is 0 Å². The number of carbonyl (C=O) groups is 1. The summed E-state index contributed by atoms with van der Waals surface area (Å²) in [6.07, 6.45) is 6.10. The smallest absolute Gasteiger partial charge is 0.303 e. The summed E-state index contributed by atoms with van der Waals surface area (Å²) in [6.45, 7) is 4.92. The molecule has 0 N–H and O–H groups in total. The maximum atomic E-state index is 13.2. The Labute approximate surface area is 158 Å². The Morgan fingerprint density at radius 2 is 2.07 bits per heavy atom. The molecule has 1 aromatic rings. The molecular weight excluding hydrogens is 372 g/mol. The standard InChI is InChI=1S/C18H22N2O6S/c1-3-13-19(15-7-6-8-16(12-11-15)26-14(2)21)27(24,25)18-10-5-4-9-17(18)20(22)23/h3-5,9-12,15-16H,1,6-8,13H2,2H3/t15-,16-/m1/s1. The van der Waals surface area contributed by atoms with E-state index in [1.165, 1.54) is 41.6 Å². The minimum atomic E-state index is -4.13. The van der Waals surface area contributed by atoms with Gasteiger partial charge in [-0.05, 0) is 31.4 Å². The molecule has 0 heterocycles. The van der Waals surface area contributed by atoms with Gasteiger partial charge in [0.05, 0.1) is 4.92 Å². The molecular formula is C18H22N2O6S. The molecule has 0 aliphatic heterocycles. The normalized spacial score (nSPS) is 20.1. The van der Waals surface area contributed by atoms with Crippen molar-refractivity contribution in [2.24, 2.45) is 0 Å². The Morgan fingerprint density at radius 1 is 1.37 bits per heavy atom. The summed E-state index contributed by atoms with van der Waals surface area (Å²) in [5.41, 5.74) is -0.470. The number of esters is 1. The average Bonchev–Trinajstić information content (AvgIpc) is 2.84. The van der Waals surface area contributed by atoms with E-state index < -0.39 is 38.7 Å². The van der Waals surface area contributed by atoms with Gasteiger partial charge in [0.25, 0.3) is 15.7 Å². The van der Waals surface area contributed by atoms with E-state index in [4.69, 9.17) is 4.74 Å². The first kappa shape index (κ1) is 20.8. The van der Waals surface area contributed by atoms with Crippen molar-refractivity contribution in [2.45, 2.75) is 43.2 Å². The van der Waals surface area contributed by atoms with Gasteiger partial charge in [-0.3, -0.25) is 14.9 Å². The molecule has 27 heavy (non-hydrogen) atoms. The van der Waals surface area contributed by atoms with E-state index in [2.05, 4.69) is 6.58 Å². The van der Waals surface area contributed by atoms with Crippen molar-refractivity contribution < 1.29 is 22.9 Å². The monoisotopic (exact) mass is 394 g/mol. The van der Waals surface area contributed by atoms with Gasteiger partial charge < -0.3 is 4.74 Å². The molecule has 0 radical (unpaired) electrons. The zero-order valence-corrected chi connectivity index (χ0v) is 15.8. The fourth-order valence-electron chi connectivity index (χ4n) is 3.02. The van der Waals surface area contributed by atoms with Crippen LogP contribution in [0.3, 0.4) is 0 Å². The Kier molecular flexibility index (Phi) is 6.86. The van der Waals surface area contributed by atoms with E-state index >= 15 is 0 Å². The van der Waals surface area contributed by atoms with Crippen LogP contribution in [-0.4, -0.2) is 42.3 Å². The number of nitro benzene ring substituents is 1. The zero-order chi connectivity index (χ0) is 20.0. The van der Waals surface area contributed by atoms with Gasteiger partial charge in [0.1, 0.15) is 6.10 Å². The number of nitrogens with zero attached hydrogens (tertiary/aromatic N) is 2. The third kappa shape index (κ3) is 5.01. The molecule has 1 aliphatic rings. The average molecular weight is 394 g/mol. The zero-order valence-electron chi connectivity index (χ0n) is 15.0. The number of ether oxygens (including phenoxy) is 1. The van der Waals surface area contributed by atoms with Gasteiger partial charge in [-0.2, -0.15) is 4.31 Å². The Bertz CT molecular complexity index is 849. The first-order valence-electron chi connectivity index (χ1n) is 8.49. The Hall–Kier alpha value is -2.52. The minimum Gasteiger partial charge on any atom is -0.458 e. The number of nitro groups is 1. The highest BCUT2D eigenvalue weighted by Crippen LogP contribution is 2.30. The van der Waals surface area contributed by atoms with Crippen LogP contribution in [0.15, 0.2) is 54.0 Å². The number of benzene rings is 1. The van der Waals surface area contributed by atoms with E-state index in [0.29, 0.717) is 19.3 Å². The molecule has 2 rings (SSSR count). The van der Waals surface area contributed by atoms with Gasteiger partial charge in [0.2, 0.25) is 0 Å². The molecule has 0 fully saturated rings. The highest BCUT2D eigenvalue weighted by Gasteiger charge is 2.35. The topological polar surface area (TPSA) is 107 Å². The van der Waals surface area contributed by atoms with Crippen LogP contribution in [0.1, 0.15) is 26.2 Å². The number of carbonyl (C=O) groups excluding carboxylic acids is 1. The van der Waals surface area contributed by atoms with E-state index in [0.717, 1.165) is 0 Å². The van der Waals surface area contributed by atoms with Crippen LogP contribution in [0.4, 0.5) is 5.69 Å². The molecule has 0 bridgehead atoms. The fourth-order valence-corrected chi connectivity index (χ4v) is 4.76. The molecule has 0 saturated heterocycles. The van der Waals surface area contributed by atoms with E-state index in [9.17, 15) is 23.3 Å². The first-order chi connectivity index (χ1) is 12.8. The van der Waals surface area contributed by atoms with Crippen molar-refractivity contribution in [3.8, 4) is 0 Å². The number of sulfonamides is 1. The second kappa shape index (κ2) is 8.92. The van der Waals surface area contributed by atoms with Gasteiger partial charge in [-0.1, -0.05) is 24.3 Å². The third-order valence-corrected chi connectivity index (χ3v) is 6.12. The van der Waals surface area contributed by atoms with Crippen LogP contribution in [0, 0.1) is 10.1 Å². The molecule has 2 atom stereocenters. The Morgan fingerprint density at radius 3 is 2.70 bits per heavy atom. The van der Waals surface area contributed by atoms with Crippen LogP contribution < -0.4 is 0 Å². The van der Waals surface area contributed by atoms with Crippen molar-refractivity contribution in [3.05, 3.63) is 59.2 Å². The molecule has 0 saturated carbocycles. The molecule has 8 nitrogen and oxygen atoms in total. The molecule has 146 valence electrons. The van der Waals surface area contributed by atoms with Crippen molar-refractivity contribution in [2.75, 3.05) is 6.54 Å². The summed E-state index contributed by atoms with van der Waals surface area (Å²) in [6, 6.07) is 4.74. The van der Waals surface area contributed by atoms with Gasteiger partial charge >= 0.3 is 5.97 Å². The van der Waals surface area contributed by atoms with Crippen LogP contribution in [0.25, 0.3) is 0 Å². The van der Waals surface area contributed by atoms with Crippen molar-refractivity contribution in [1.29, 1.82) is 0 Å². The van der Waals surface area contributed by atoms with Crippen molar-refractivity contribution >= 4 is 21.7 Å². The predicted molar refractivity (Wildman–Crippen MR) is 99.5 cm³/mol. The predicted octanol–water partition coefficient (Wildman–Crippen LogP) is 2.81. The first-order valence-corrected chi connectivity index (χ1v) is 9.93. The summed E-state index contributed by atoms with van der Waals surface area (Å²) in [5.74, 6) is -0.404. The van der Waals surface area contributed by atoms with Crippen LogP contribution in [-0.2, 0) is 19.6 Å². The van der Waals surface area contributed by atoms with Crippen LogP contribution >= 0.6 is 0 Å². The molecule has 0 spiro atoms. The molecule has 1 aliphatic carbocycles. The highest BCUT2D eigenvalue weighted by molar-refractivity contribution is 7.89. The molecule has 1 aromatic carbocycles. The van der Waals surface area contributed by atoms with Crippen molar-refractivity contribution in [3.63, 3.8) is 0 Å². The van der Waals surface area contributed by atoms with Gasteiger partial charge in [0, 0.05) is 25.6 Å². The van der Waals surface area contributed by atoms with E-state index in [-0.39, 0.29) is 11.4 Å². The van der Waals surface area contributed by atoms with Gasteiger partial charge in [0.15, 0.2) is 4.90 Å². The lowest BCUT2D eigenvalue weighted by Crippen LogP contribution is -2.39. The molecule has 9 heteroatoms. The second-order valence-electron chi connectivity index (χ2n) is 6.12. The maximum absolute atomic E-state index is 13.2. The van der Waals surface area contributed by atoms with Crippen LogP contribution in [0.5, 0.6) is 0 Å². The summed E-state index contributed by atoms with van der Waals surface area (Å²) < 4.78 is 32.7. The molecule has 0 amide bonds. The SMILES string of the molecule is C=CCN([C@H]1C=C[C@H](OC(C)=O)CCC1)S(=O)(=O)c1ccccc1[N+](=O)[O-]. The van der Waals surface area contributed by atoms with Gasteiger partial charge in [-0.15, -0.1) is 6.58 Å². The maximum Gasteiger partial charge on any atom is 0.303 e. The summed E-state index contributed by atoms with van der Waals surface area (Å²) in [5, 5.41) is 11.3. The second-order valence-corrected chi connectivity index (χ2v) is 7.98. The number of para-hydroxylation sites is 1. The summed E-state index contributed by atoms with van der Waals surface area (Å²) in [4.78, 5) is 21.3. The van der Waals surface area contributed by atoms with Gasteiger partial charge in [-0.25, -0.2) is 8.42 Å². The van der Waals surface area contributed by atoms with E-state index in [1.807, 2.05) is 0 Å². The number of hydrogen-bond donors (Lipinski definition) is 0. The highest BCUT2D eigenvalue weighted by atomic mass is 32.2.